The number of fused-ring (bicyclic) bond motifs is 1. The van der Waals surface area contributed by atoms with E-state index in [1.165, 1.54) is 23.3 Å². The Kier molecular flexibility index (Phi) is 6.75. The summed E-state index contributed by atoms with van der Waals surface area (Å²) in [5.74, 6) is -0.265. The topological polar surface area (TPSA) is 83.5 Å². The average Bonchev–Trinajstić information content (AvgIpc) is 3.03. The van der Waals surface area contributed by atoms with E-state index in [0.717, 1.165) is 37.7 Å². The summed E-state index contributed by atoms with van der Waals surface area (Å²) < 4.78 is 27.1. The third kappa shape index (κ3) is 5.56. The van der Waals surface area contributed by atoms with Crippen molar-refractivity contribution in [3.05, 3.63) is 64.2 Å². The molecule has 7 heteroatoms. The molecule has 0 saturated heterocycles. The molecule has 2 N–H and O–H groups in total. The van der Waals surface area contributed by atoms with Gasteiger partial charge in [-0.25, -0.2) is 13.1 Å². The minimum atomic E-state index is -3.49. The lowest BCUT2D eigenvalue weighted by molar-refractivity contribution is -0.136. The molecule has 2 aromatic carbocycles. The summed E-state index contributed by atoms with van der Waals surface area (Å²) in [7, 11) is -3.49. The summed E-state index contributed by atoms with van der Waals surface area (Å²) in [4.78, 5) is 11.1. The van der Waals surface area contributed by atoms with Crippen LogP contribution in [0, 0.1) is 5.92 Å². The van der Waals surface area contributed by atoms with Gasteiger partial charge in [0.2, 0.25) is 10.0 Å². The van der Waals surface area contributed by atoms with E-state index in [-0.39, 0.29) is 11.3 Å². The molecule has 0 radical (unpaired) electrons. The van der Waals surface area contributed by atoms with Crippen molar-refractivity contribution in [1.29, 1.82) is 0 Å². The molecule has 150 valence electrons. The molecule has 0 spiro atoms. The minimum Gasteiger partial charge on any atom is -0.481 e. The van der Waals surface area contributed by atoms with Crippen LogP contribution in [0.1, 0.15) is 36.0 Å². The van der Waals surface area contributed by atoms with Crippen LogP contribution in [-0.4, -0.2) is 26.0 Å². The van der Waals surface area contributed by atoms with E-state index in [2.05, 4.69) is 4.72 Å². The quantitative estimate of drug-likeness (QED) is 0.602. The van der Waals surface area contributed by atoms with E-state index in [9.17, 15) is 13.2 Å². The summed E-state index contributed by atoms with van der Waals surface area (Å²) in [6.07, 6.45) is 4.81. The molecule has 1 unspecified atom stereocenters. The first-order chi connectivity index (χ1) is 13.3. The van der Waals surface area contributed by atoms with Gasteiger partial charge < -0.3 is 5.11 Å². The van der Waals surface area contributed by atoms with Crippen molar-refractivity contribution in [3.8, 4) is 0 Å². The van der Waals surface area contributed by atoms with Crippen LogP contribution in [0.3, 0.4) is 0 Å². The Morgan fingerprint density at radius 3 is 2.50 bits per heavy atom. The molecule has 1 aliphatic rings. The van der Waals surface area contributed by atoms with Crippen LogP contribution in [-0.2, 0) is 34.1 Å². The Morgan fingerprint density at radius 2 is 1.79 bits per heavy atom. The first-order valence-corrected chi connectivity index (χ1v) is 11.3. The fourth-order valence-corrected chi connectivity index (χ4v) is 4.91. The molecule has 3 rings (SSSR count). The van der Waals surface area contributed by atoms with Crippen LogP contribution >= 0.6 is 11.6 Å². The molecular weight excluding hydrogens is 398 g/mol. The summed E-state index contributed by atoms with van der Waals surface area (Å²) >= 11 is 5.79. The van der Waals surface area contributed by atoms with E-state index in [1.54, 1.807) is 12.1 Å². The van der Waals surface area contributed by atoms with E-state index in [4.69, 9.17) is 16.7 Å². The van der Waals surface area contributed by atoms with Crippen molar-refractivity contribution in [3.63, 3.8) is 0 Å². The van der Waals surface area contributed by atoms with Crippen LogP contribution < -0.4 is 4.72 Å². The molecular formula is C21H24ClNO4S. The molecule has 0 aliphatic heterocycles. The molecule has 1 atom stereocenters. The molecule has 0 amide bonds. The Labute approximate surface area is 170 Å². The van der Waals surface area contributed by atoms with Crippen LogP contribution in [0.5, 0.6) is 0 Å². The number of rotatable bonds is 9. The number of carboxylic acids is 1. The van der Waals surface area contributed by atoms with Gasteiger partial charge in [0.1, 0.15) is 0 Å². The van der Waals surface area contributed by atoms with Gasteiger partial charge in [0.25, 0.3) is 0 Å². The van der Waals surface area contributed by atoms with Crippen LogP contribution in [0.25, 0.3) is 0 Å². The number of halogens is 1. The molecule has 0 saturated carbocycles. The first-order valence-electron chi connectivity index (χ1n) is 9.41. The second kappa shape index (κ2) is 9.07. The maximum Gasteiger partial charge on any atom is 0.307 e. The van der Waals surface area contributed by atoms with Gasteiger partial charge in [0, 0.05) is 11.6 Å². The van der Waals surface area contributed by atoms with Crippen LogP contribution in [0.15, 0.2) is 47.4 Å². The van der Waals surface area contributed by atoms with Gasteiger partial charge in [-0.2, -0.15) is 0 Å². The number of carboxylic acid groups (broad SMARTS) is 1. The van der Waals surface area contributed by atoms with E-state index in [1.807, 2.05) is 18.2 Å². The fourth-order valence-electron chi connectivity index (χ4n) is 3.71. The third-order valence-electron chi connectivity index (χ3n) is 5.10. The van der Waals surface area contributed by atoms with Crippen molar-refractivity contribution >= 4 is 27.6 Å². The molecule has 0 heterocycles. The molecule has 28 heavy (non-hydrogen) atoms. The second-order valence-electron chi connectivity index (χ2n) is 7.30. The molecule has 0 aromatic heterocycles. The molecule has 2 aromatic rings. The predicted octanol–water partition coefficient (Wildman–Crippen LogP) is 3.83. The zero-order valence-electron chi connectivity index (χ0n) is 15.5. The number of unbranched alkanes of at least 4 members (excludes halogenated alkanes) is 1. The van der Waals surface area contributed by atoms with Crippen molar-refractivity contribution in [2.45, 2.75) is 43.4 Å². The van der Waals surface area contributed by atoms with Crippen molar-refractivity contribution in [2.24, 2.45) is 5.92 Å². The lowest BCUT2D eigenvalue weighted by atomic mass is 9.99. The SMILES string of the molecule is O=C(O)Cc1ccc2c(c1)CC(CCCCNS(=O)(=O)c1ccc(Cl)cc1)C2. The number of hydrogen-bond acceptors (Lipinski definition) is 3. The Hall–Kier alpha value is -1.89. The number of sulfonamides is 1. The normalized spacial score (nSPS) is 16.1. The van der Waals surface area contributed by atoms with Crippen LogP contribution in [0.2, 0.25) is 5.02 Å². The number of nitrogens with one attached hydrogen (secondary N) is 1. The highest BCUT2D eigenvalue weighted by atomic mass is 35.5. The van der Waals surface area contributed by atoms with Crippen LogP contribution in [0.4, 0.5) is 0 Å². The second-order valence-corrected chi connectivity index (χ2v) is 9.50. The highest BCUT2D eigenvalue weighted by Crippen LogP contribution is 2.30. The summed E-state index contributed by atoms with van der Waals surface area (Å²) in [6.45, 7) is 0.410. The number of hydrogen-bond donors (Lipinski definition) is 2. The lowest BCUT2D eigenvalue weighted by Gasteiger charge is -2.10. The Morgan fingerprint density at radius 1 is 1.07 bits per heavy atom. The zero-order chi connectivity index (χ0) is 20.1. The van der Waals surface area contributed by atoms with Gasteiger partial charge in [-0.15, -0.1) is 0 Å². The zero-order valence-corrected chi connectivity index (χ0v) is 17.1. The van der Waals surface area contributed by atoms with Gasteiger partial charge in [-0.1, -0.05) is 36.2 Å². The van der Waals surface area contributed by atoms with E-state index >= 15 is 0 Å². The summed E-state index contributed by atoms with van der Waals surface area (Å²) in [5.41, 5.74) is 3.42. The van der Waals surface area contributed by atoms with Gasteiger partial charge in [0.15, 0.2) is 0 Å². The Balaban J connectivity index is 1.41. The molecule has 1 aliphatic carbocycles. The smallest absolute Gasteiger partial charge is 0.307 e. The molecule has 0 bridgehead atoms. The van der Waals surface area contributed by atoms with E-state index < -0.39 is 16.0 Å². The Bertz CT molecular complexity index is 941. The first kappa shape index (κ1) is 20.8. The minimum absolute atomic E-state index is 0.0612. The average molecular weight is 422 g/mol. The van der Waals surface area contributed by atoms with Crippen molar-refractivity contribution < 1.29 is 18.3 Å². The largest absolute Gasteiger partial charge is 0.481 e. The molecule has 0 fully saturated rings. The van der Waals surface area contributed by atoms with Gasteiger partial charge in [-0.3, -0.25) is 4.79 Å². The third-order valence-corrected chi connectivity index (χ3v) is 6.83. The maximum absolute atomic E-state index is 12.2. The summed E-state index contributed by atoms with van der Waals surface area (Å²) in [5, 5.41) is 9.43. The summed E-state index contributed by atoms with van der Waals surface area (Å²) in [6, 6.07) is 12.1. The van der Waals surface area contributed by atoms with Gasteiger partial charge >= 0.3 is 5.97 Å². The monoisotopic (exact) mass is 421 g/mol. The van der Waals surface area contributed by atoms with Crippen molar-refractivity contribution in [2.75, 3.05) is 6.54 Å². The van der Waals surface area contributed by atoms with Gasteiger partial charge in [-0.05, 0) is 72.6 Å². The highest BCUT2D eigenvalue weighted by Gasteiger charge is 2.21. The standard InChI is InChI=1S/C21H24ClNO4S/c22-19-6-8-20(9-7-19)28(26,27)23-10-2-1-3-15-11-17-5-4-16(14-21(24)25)13-18(17)12-15/h4-9,13,15,23H,1-3,10-12,14H2,(H,24,25). The van der Waals surface area contributed by atoms with Crippen molar-refractivity contribution in [1.82, 2.24) is 4.72 Å². The number of benzene rings is 2. The molecule has 5 nitrogen and oxygen atoms in total. The fraction of sp³-hybridized carbons (Fsp3) is 0.381. The number of aliphatic carboxylic acids is 1. The van der Waals surface area contributed by atoms with E-state index in [0.29, 0.717) is 17.5 Å². The predicted molar refractivity (Wildman–Crippen MR) is 109 cm³/mol. The lowest BCUT2D eigenvalue weighted by Crippen LogP contribution is -2.24. The highest BCUT2D eigenvalue weighted by molar-refractivity contribution is 7.89. The van der Waals surface area contributed by atoms with Gasteiger partial charge in [0.05, 0.1) is 11.3 Å². The number of carbonyl (C=O) groups is 1. The maximum atomic E-state index is 12.2.